The fourth-order valence-electron chi connectivity index (χ4n) is 6.16. The van der Waals surface area contributed by atoms with Crippen LogP contribution in [0.2, 0.25) is 0 Å². The van der Waals surface area contributed by atoms with Gasteiger partial charge in [-0.2, -0.15) is 0 Å². The zero-order valence-corrected chi connectivity index (χ0v) is 22.0. The lowest BCUT2D eigenvalue weighted by atomic mass is 9.55. The van der Waals surface area contributed by atoms with E-state index in [2.05, 4.69) is 32.2 Å². The first-order chi connectivity index (χ1) is 16.4. The molecule has 2 heterocycles. The molecule has 3 atom stereocenters. The number of benzene rings is 1. The zero-order chi connectivity index (χ0) is 23.8. The molecule has 1 aromatic carbocycles. The highest BCUT2D eigenvalue weighted by Gasteiger charge is 2.59. The first-order valence-corrected chi connectivity index (χ1v) is 13.9. The summed E-state index contributed by atoms with van der Waals surface area (Å²) in [6, 6.07) is 9.76. The molecule has 182 valence electrons. The van der Waals surface area contributed by atoms with Gasteiger partial charge in [0.05, 0.1) is 5.60 Å². The van der Waals surface area contributed by atoms with Crippen molar-refractivity contribution < 1.29 is 14.6 Å². The van der Waals surface area contributed by atoms with Crippen LogP contribution in [0.25, 0.3) is 6.08 Å². The zero-order valence-electron chi connectivity index (χ0n) is 19.6. The molecule has 1 amide bonds. The van der Waals surface area contributed by atoms with Crippen molar-refractivity contribution in [1.82, 2.24) is 10.2 Å². The summed E-state index contributed by atoms with van der Waals surface area (Å²) in [7, 11) is 1.85. The lowest BCUT2D eigenvalue weighted by Gasteiger charge is -2.60. The highest BCUT2D eigenvalue weighted by atomic mass is 79.9. The van der Waals surface area contributed by atoms with Gasteiger partial charge in [0.25, 0.3) is 0 Å². The number of hydrogen-bond donors (Lipinski definition) is 2. The Morgan fingerprint density at radius 1 is 1.32 bits per heavy atom. The highest BCUT2D eigenvalue weighted by molar-refractivity contribution is 9.10. The number of carbonyl (C=O) groups excluding carboxylic acids is 1. The van der Waals surface area contributed by atoms with E-state index in [-0.39, 0.29) is 28.7 Å². The first-order valence-electron chi connectivity index (χ1n) is 12.2. The third kappa shape index (κ3) is 4.85. The van der Waals surface area contributed by atoms with E-state index >= 15 is 0 Å². The van der Waals surface area contributed by atoms with Crippen LogP contribution >= 0.6 is 27.3 Å². The van der Waals surface area contributed by atoms with Crippen LogP contribution in [-0.4, -0.2) is 54.3 Å². The van der Waals surface area contributed by atoms with Crippen LogP contribution < -0.4 is 5.32 Å². The number of aromatic hydroxyl groups is 1. The monoisotopic (exact) mass is 544 g/mol. The van der Waals surface area contributed by atoms with Gasteiger partial charge in [0.1, 0.15) is 5.75 Å². The Bertz CT molecular complexity index is 1070. The lowest BCUT2D eigenvalue weighted by molar-refractivity contribution is -0.150. The summed E-state index contributed by atoms with van der Waals surface area (Å²) < 4.78 is 7.45. The maximum Gasteiger partial charge on any atom is 0.244 e. The highest BCUT2D eigenvalue weighted by Crippen LogP contribution is 2.54. The fraction of sp³-hybridized carbons (Fsp3) is 0.519. The number of halogens is 1. The molecule has 0 bridgehead atoms. The van der Waals surface area contributed by atoms with Crippen molar-refractivity contribution in [2.24, 2.45) is 5.92 Å². The predicted octanol–water partition coefficient (Wildman–Crippen LogP) is 5.34. The van der Waals surface area contributed by atoms with Gasteiger partial charge < -0.3 is 20.1 Å². The Hall–Kier alpha value is -1.67. The molecule has 1 aliphatic heterocycles. The van der Waals surface area contributed by atoms with E-state index in [0.717, 1.165) is 66.1 Å². The summed E-state index contributed by atoms with van der Waals surface area (Å²) in [5.41, 5.74) is 0.547. The molecule has 5 rings (SSSR count). The second-order valence-corrected chi connectivity index (χ2v) is 12.1. The van der Waals surface area contributed by atoms with Gasteiger partial charge in [-0.25, -0.2) is 0 Å². The normalized spacial score (nSPS) is 29.8. The number of carbonyl (C=O) groups is 1. The van der Waals surface area contributed by atoms with Gasteiger partial charge in [0.15, 0.2) is 0 Å². The van der Waals surface area contributed by atoms with Gasteiger partial charge in [0.2, 0.25) is 5.91 Å². The molecule has 5 nitrogen and oxygen atoms in total. The molecule has 2 aliphatic carbocycles. The van der Waals surface area contributed by atoms with E-state index in [1.807, 2.05) is 36.8 Å². The van der Waals surface area contributed by atoms with Gasteiger partial charge in [-0.05, 0) is 96.8 Å². The van der Waals surface area contributed by atoms with Gasteiger partial charge in [-0.15, -0.1) is 11.3 Å². The summed E-state index contributed by atoms with van der Waals surface area (Å²) in [4.78, 5) is 16.4. The number of nitrogens with one attached hydrogen (secondary N) is 1. The Kier molecular flexibility index (Phi) is 6.90. The van der Waals surface area contributed by atoms with Crippen molar-refractivity contribution in [1.29, 1.82) is 0 Å². The number of phenolic OH excluding ortho intramolecular Hbond substituents is 1. The number of phenols is 1. The lowest BCUT2D eigenvalue weighted by Crippen LogP contribution is -2.68. The molecule has 0 unspecified atom stereocenters. The van der Waals surface area contributed by atoms with E-state index in [1.165, 1.54) is 12.8 Å². The van der Waals surface area contributed by atoms with Crippen LogP contribution in [0, 0.1) is 5.92 Å². The summed E-state index contributed by atoms with van der Waals surface area (Å²) in [5, 5.41) is 15.6. The number of methoxy groups -OCH3 is 1. The molecule has 2 aromatic rings. The summed E-state index contributed by atoms with van der Waals surface area (Å²) in [6.07, 6.45) is 9.73. The van der Waals surface area contributed by atoms with Gasteiger partial charge >= 0.3 is 0 Å². The van der Waals surface area contributed by atoms with E-state index in [4.69, 9.17) is 4.74 Å². The maximum atomic E-state index is 12.8. The molecule has 2 saturated carbocycles. The molecular formula is C27H33BrN2O3S. The van der Waals surface area contributed by atoms with Crippen LogP contribution in [0.5, 0.6) is 5.75 Å². The average Bonchev–Trinajstić information content (AvgIpc) is 3.55. The minimum absolute atomic E-state index is 0.0586. The number of hydrogen-bond acceptors (Lipinski definition) is 5. The van der Waals surface area contributed by atoms with Crippen molar-refractivity contribution in [3.05, 3.63) is 56.7 Å². The van der Waals surface area contributed by atoms with Crippen molar-refractivity contribution in [2.75, 3.05) is 26.7 Å². The van der Waals surface area contributed by atoms with E-state index in [0.29, 0.717) is 0 Å². The van der Waals surface area contributed by atoms with Crippen LogP contribution in [0.15, 0.2) is 46.3 Å². The first kappa shape index (κ1) is 24.0. The molecule has 0 radical (unpaired) electrons. The van der Waals surface area contributed by atoms with E-state index in [1.54, 1.807) is 23.5 Å². The van der Waals surface area contributed by atoms with Crippen molar-refractivity contribution in [3.63, 3.8) is 0 Å². The molecular weight excluding hydrogens is 512 g/mol. The van der Waals surface area contributed by atoms with Crippen LogP contribution in [0.1, 0.15) is 49.0 Å². The van der Waals surface area contributed by atoms with Crippen LogP contribution in [0.3, 0.4) is 0 Å². The Balaban J connectivity index is 1.38. The van der Waals surface area contributed by atoms with Crippen molar-refractivity contribution in [2.45, 2.75) is 55.6 Å². The molecule has 1 aromatic heterocycles. The standard InChI is InChI=1S/C27H33BrN2O3S/c1-33-27-10-9-22(29-25(32)8-7-24-14-21(28)17-34-24)15-26(27,20-3-2-4-23(31)13-20)11-12-30(18-27)16-19-5-6-19/h2-4,7-8,13-14,17,19,22,31H,5-6,9-12,15-16,18H2,1H3,(H,29,32)/b8-7+/t22-,26-,27-/m0/s1. The number of fused-ring (bicyclic) bond motifs is 1. The molecule has 2 N–H and O–H groups in total. The molecule has 0 spiro atoms. The molecule has 1 saturated heterocycles. The number of thiophene rings is 1. The Morgan fingerprint density at radius 3 is 2.88 bits per heavy atom. The quantitative estimate of drug-likeness (QED) is 0.462. The smallest absolute Gasteiger partial charge is 0.244 e. The van der Waals surface area contributed by atoms with Crippen molar-refractivity contribution >= 4 is 39.2 Å². The number of piperidine rings is 1. The van der Waals surface area contributed by atoms with Crippen LogP contribution in [-0.2, 0) is 14.9 Å². The van der Waals surface area contributed by atoms with Crippen molar-refractivity contribution in [3.8, 4) is 5.75 Å². The largest absolute Gasteiger partial charge is 0.508 e. The molecule has 3 fully saturated rings. The molecule has 7 heteroatoms. The van der Waals surface area contributed by atoms with Gasteiger partial charge in [-0.3, -0.25) is 4.79 Å². The average molecular weight is 546 g/mol. The Labute approximate surface area is 214 Å². The van der Waals surface area contributed by atoms with Gasteiger partial charge in [0, 0.05) is 52.5 Å². The third-order valence-electron chi connectivity index (χ3n) is 8.03. The summed E-state index contributed by atoms with van der Waals surface area (Å²) in [5.74, 6) is 1.07. The second kappa shape index (κ2) is 9.76. The van der Waals surface area contributed by atoms with Gasteiger partial charge in [-0.1, -0.05) is 12.1 Å². The SMILES string of the molecule is CO[C@]12CC[C@H](NC(=O)/C=C/c3cc(Br)cs3)C[C@]1(c1cccc(O)c1)CCN(CC1CC1)C2. The van der Waals surface area contributed by atoms with E-state index in [9.17, 15) is 9.90 Å². The molecule has 34 heavy (non-hydrogen) atoms. The minimum atomic E-state index is -0.325. The fourth-order valence-corrected chi connectivity index (χ4v) is 7.50. The topological polar surface area (TPSA) is 61.8 Å². The predicted molar refractivity (Wildman–Crippen MR) is 140 cm³/mol. The summed E-state index contributed by atoms with van der Waals surface area (Å²) >= 11 is 5.06. The number of ether oxygens (including phenoxy) is 1. The minimum Gasteiger partial charge on any atom is -0.508 e. The second-order valence-electron chi connectivity index (χ2n) is 10.2. The Morgan fingerprint density at radius 2 is 2.18 bits per heavy atom. The number of likely N-dealkylation sites (tertiary alicyclic amines) is 1. The summed E-state index contributed by atoms with van der Waals surface area (Å²) in [6.45, 7) is 3.08. The number of nitrogens with zero attached hydrogens (tertiary/aromatic N) is 1. The number of amides is 1. The maximum absolute atomic E-state index is 12.8. The van der Waals surface area contributed by atoms with Crippen LogP contribution in [0.4, 0.5) is 0 Å². The molecule has 3 aliphatic rings. The number of rotatable bonds is 7. The third-order valence-corrected chi connectivity index (χ3v) is 9.69. The van der Waals surface area contributed by atoms with E-state index < -0.39 is 0 Å².